The molecule has 1 atom stereocenters. The Hall–Kier alpha value is -0.120. The lowest BCUT2D eigenvalue weighted by Gasteiger charge is -2.15. The van der Waals surface area contributed by atoms with Crippen molar-refractivity contribution in [3.8, 4) is 0 Å². The predicted octanol–water partition coefficient (Wildman–Crippen LogP) is 2.07. The summed E-state index contributed by atoms with van der Waals surface area (Å²) in [6, 6.07) is 0. The van der Waals surface area contributed by atoms with Gasteiger partial charge in [0.15, 0.2) is 0 Å². The second-order valence-corrected chi connectivity index (χ2v) is 3.81. The normalized spacial score (nSPS) is 13.0. The zero-order chi connectivity index (χ0) is 11.4. The van der Waals surface area contributed by atoms with Gasteiger partial charge in [0.2, 0.25) is 0 Å². The molecule has 3 nitrogen and oxygen atoms in total. The summed E-state index contributed by atoms with van der Waals surface area (Å²) in [5.41, 5.74) is 0. The highest BCUT2D eigenvalue weighted by Crippen LogP contribution is 2.09. The lowest BCUT2D eigenvalue weighted by Crippen LogP contribution is -2.26. The number of nitrogens with one attached hydrogen (secondary N) is 1. The zero-order valence-electron chi connectivity index (χ0n) is 10.6. The summed E-state index contributed by atoms with van der Waals surface area (Å²) in [5, 5.41) is 3.41. The standard InChI is InChI=1S/C12H27NO2/c1-4-12(7-6-9-15-5-2)11-13-8-10-14-3/h12-13H,4-11H2,1-3H3. The molecular weight excluding hydrogens is 190 g/mol. The van der Waals surface area contributed by atoms with Crippen LogP contribution in [0.25, 0.3) is 0 Å². The highest BCUT2D eigenvalue weighted by molar-refractivity contribution is 4.60. The van der Waals surface area contributed by atoms with Crippen LogP contribution in [0, 0.1) is 5.92 Å². The van der Waals surface area contributed by atoms with Crippen LogP contribution >= 0.6 is 0 Å². The molecule has 15 heavy (non-hydrogen) atoms. The van der Waals surface area contributed by atoms with Crippen molar-refractivity contribution in [2.45, 2.75) is 33.1 Å². The number of hydrogen-bond donors (Lipinski definition) is 1. The quantitative estimate of drug-likeness (QED) is 0.537. The molecule has 0 aromatic carbocycles. The minimum Gasteiger partial charge on any atom is -0.383 e. The predicted molar refractivity (Wildman–Crippen MR) is 64.3 cm³/mol. The molecule has 0 rings (SSSR count). The monoisotopic (exact) mass is 217 g/mol. The third-order valence-corrected chi connectivity index (χ3v) is 2.60. The number of methoxy groups -OCH3 is 1. The molecule has 0 saturated heterocycles. The third kappa shape index (κ3) is 10.2. The van der Waals surface area contributed by atoms with Crippen molar-refractivity contribution in [1.29, 1.82) is 0 Å². The van der Waals surface area contributed by atoms with E-state index in [-0.39, 0.29) is 0 Å². The van der Waals surface area contributed by atoms with Crippen LogP contribution in [-0.2, 0) is 9.47 Å². The van der Waals surface area contributed by atoms with Crippen LogP contribution < -0.4 is 5.32 Å². The molecule has 0 radical (unpaired) electrons. The fraction of sp³-hybridized carbons (Fsp3) is 1.00. The first-order valence-corrected chi connectivity index (χ1v) is 6.12. The first kappa shape index (κ1) is 14.9. The first-order valence-electron chi connectivity index (χ1n) is 6.12. The number of rotatable bonds is 11. The Kier molecular flexibility index (Phi) is 11.9. The van der Waals surface area contributed by atoms with Gasteiger partial charge in [-0.05, 0) is 32.2 Å². The van der Waals surface area contributed by atoms with Crippen LogP contribution in [0.5, 0.6) is 0 Å². The molecule has 0 aromatic rings. The van der Waals surface area contributed by atoms with E-state index in [1.165, 1.54) is 19.3 Å². The van der Waals surface area contributed by atoms with E-state index >= 15 is 0 Å². The number of hydrogen-bond acceptors (Lipinski definition) is 3. The van der Waals surface area contributed by atoms with Crippen molar-refractivity contribution in [3.05, 3.63) is 0 Å². The summed E-state index contributed by atoms with van der Waals surface area (Å²) in [6.45, 7) is 8.90. The van der Waals surface area contributed by atoms with Crippen molar-refractivity contribution >= 4 is 0 Å². The molecule has 0 aromatic heterocycles. The van der Waals surface area contributed by atoms with Crippen LogP contribution in [0.15, 0.2) is 0 Å². The van der Waals surface area contributed by atoms with E-state index in [0.29, 0.717) is 0 Å². The Bertz CT molecular complexity index is 108. The maximum atomic E-state index is 5.33. The van der Waals surface area contributed by atoms with E-state index in [2.05, 4.69) is 12.2 Å². The number of ether oxygens (including phenoxy) is 2. The molecule has 1 unspecified atom stereocenters. The summed E-state index contributed by atoms with van der Waals surface area (Å²) < 4.78 is 10.3. The Morgan fingerprint density at radius 2 is 2.00 bits per heavy atom. The summed E-state index contributed by atoms with van der Waals surface area (Å²) in [6.07, 6.45) is 3.68. The fourth-order valence-electron chi connectivity index (χ4n) is 1.55. The van der Waals surface area contributed by atoms with Gasteiger partial charge in [0.25, 0.3) is 0 Å². The molecule has 0 heterocycles. The van der Waals surface area contributed by atoms with E-state index in [4.69, 9.17) is 9.47 Å². The van der Waals surface area contributed by atoms with E-state index in [9.17, 15) is 0 Å². The van der Waals surface area contributed by atoms with Crippen LogP contribution in [0.4, 0.5) is 0 Å². The molecule has 0 fully saturated rings. The molecule has 0 aliphatic carbocycles. The van der Waals surface area contributed by atoms with Gasteiger partial charge in [-0.1, -0.05) is 13.3 Å². The smallest absolute Gasteiger partial charge is 0.0587 e. The molecule has 0 bridgehead atoms. The summed E-state index contributed by atoms with van der Waals surface area (Å²) in [5.74, 6) is 0.780. The molecule has 0 aliphatic rings. The van der Waals surface area contributed by atoms with Crippen molar-refractivity contribution in [1.82, 2.24) is 5.32 Å². The maximum absolute atomic E-state index is 5.33. The first-order chi connectivity index (χ1) is 7.35. The molecule has 92 valence electrons. The largest absolute Gasteiger partial charge is 0.383 e. The van der Waals surface area contributed by atoms with E-state index in [0.717, 1.165) is 38.8 Å². The third-order valence-electron chi connectivity index (χ3n) is 2.60. The van der Waals surface area contributed by atoms with Crippen molar-refractivity contribution in [3.63, 3.8) is 0 Å². The second kappa shape index (κ2) is 12.0. The van der Waals surface area contributed by atoms with Crippen LogP contribution in [0.3, 0.4) is 0 Å². The fourth-order valence-corrected chi connectivity index (χ4v) is 1.55. The molecule has 3 heteroatoms. The molecular formula is C12H27NO2. The van der Waals surface area contributed by atoms with Gasteiger partial charge >= 0.3 is 0 Å². The average molecular weight is 217 g/mol. The van der Waals surface area contributed by atoms with Crippen molar-refractivity contribution in [2.75, 3.05) is 40.0 Å². The molecule has 0 spiro atoms. The topological polar surface area (TPSA) is 30.5 Å². The minimum absolute atomic E-state index is 0.780. The molecule has 1 N–H and O–H groups in total. The lowest BCUT2D eigenvalue weighted by molar-refractivity contribution is 0.138. The zero-order valence-corrected chi connectivity index (χ0v) is 10.6. The Labute approximate surface area is 94.5 Å². The summed E-state index contributed by atoms with van der Waals surface area (Å²) >= 11 is 0. The minimum atomic E-state index is 0.780. The molecule has 0 amide bonds. The van der Waals surface area contributed by atoms with Gasteiger partial charge in [0, 0.05) is 26.9 Å². The van der Waals surface area contributed by atoms with Gasteiger partial charge in [0.05, 0.1) is 6.61 Å². The lowest BCUT2D eigenvalue weighted by atomic mass is 10.0. The molecule has 0 aliphatic heterocycles. The SMILES string of the molecule is CCOCCCC(CC)CNCCOC. The Morgan fingerprint density at radius 3 is 2.60 bits per heavy atom. The van der Waals surface area contributed by atoms with Crippen LogP contribution in [0.1, 0.15) is 33.1 Å². The average Bonchev–Trinajstić information content (AvgIpc) is 2.27. The van der Waals surface area contributed by atoms with Crippen LogP contribution in [-0.4, -0.2) is 40.0 Å². The highest BCUT2D eigenvalue weighted by atomic mass is 16.5. The van der Waals surface area contributed by atoms with Crippen LogP contribution in [0.2, 0.25) is 0 Å². The second-order valence-electron chi connectivity index (χ2n) is 3.81. The summed E-state index contributed by atoms with van der Waals surface area (Å²) in [7, 11) is 1.74. The molecule has 0 saturated carbocycles. The summed E-state index contributed by atoms with van der Waals surface area (Å²) in [4.78, 5) is 0. The van der Waals surface area contributed by atoms with Crippen molar-refractivity contribution in [2.24, 2.45) is 5.92 Å². The maximum Gasteiger partial charge on any atom is 0.0587 e. The van der Waals surface area contributed by atoms with E-state index in [1.54, 1.807) is 7.11 Å². The Balaban J connectivity index is 3.29. The van der Waals surface area contributed by atoms with Gasteiger partial charge in [-0.15, -0.1) is 0 Å². The van der Waals surface area contributed by atoms with Gasteiger partial charge in [-0.25, -0.2) is 0 Å². The van der Waals surface area contributed by atoms with Crippen molar-refractivity contribution < 1.29 is 9.47 Å². The Morgan fingerprint density at radius 1 is 1.20 bits per heavy atom. The van der Waals surface area contributed by atoms with Gasteiger partial charge in [0.1, 0.15) is 0 Å². The van der Waals surface area contributed by atoms with E-state index in [1.807, 2.05) is 6.92 Å². The van der Waals surface area contributed by atoms with Gasteiger partial charge in [-0.3, -0.25) is 0 Å². The highest BCUT2D eigenvalue weighted by Gasteiger charge is 2.04. The van der Waals surface area contributed by atoms with Gasteiger partial charge in [-0.2, -0.15) is 0 Å². The van der Waals surface area contributed by atoms with E-state index < -0.39 is 0 Å². The van der Waals surface area contributed by atoms with Gasteiger partial charge < -0.3 is 14.8 Å².